The predicted octanol–water partition coefficient (Wildman–Crippen LogP) is 1.96. The van der Waals surface area contributed by atoms with Crippen LogP contribution in [-0.4, -0.2) is 55.3 Å². The smallest absolute Gasteiger partial charge is 0.165 e. The number of anilines is 1. The standard InChI is InChI=1S/C15H23N5OS/c1-10(15(2,3)21)20-9-18-12-13(16-8-17-14(12)20)19-5-11(6-19)7-22-4/h8-11,21H,5-7H2,1-4H3/t10-/m0/s1. The van der Waals surface area contributed by atoms with Crippen molar-refractivity contribution in [1.82, 2.24) is 19.5 Å². The monoisotopic (exact) mass is 321 g/mol. The van der Waals surface area contributed by atoms with Crippen LogP contribution in [0.15, 0.2) is 12.7 Å². The number of fused-ring (bicyclic) bond motifs is 1. The number of rotatable bonds is 5. The summed E-state index contributed by atoms with van der Waals surface area (Å²) in [5.74, 6) is 2.83. The highest BCUT2D eigenvalue weighted by atomic mass is 32.2. The largest absolute Gasteiger partial charge is 0.388 e. The van der Waals surface area contributed by atoms with E-state index in [9.17, 15) is 5.11 Å². The van der Waals surface area contributed by atoms with Crippen LogP contribution < -0.4 is 4.90 Å². The van der Waals surface area contributed by atoms with Crippen LogP contribution in [0.4, 0.5) is 5.82 Å². The highest BCUT2D eigenvalue weighted by Crippen LogP contribution is 2.31. The van der Waals surface area contributed by atoms with Crippen LogP contribution in [0.25, 0.3) is 11.2 Å². The van der Waals surface area contributed by atoms with Gasteiger partial charge in [-0.1, -0.05) is 0 Å². The Hall–Kier alpha value is -1.34. The molecular formula is C15H23N5OS. The third kappa shape index (κ3) is 2.67. The van der Waals surface area contributed by atoms with Crippen molar-refractivity contribution in [2.45, 2.75) is 32.4 Å². The fraction of sp³-hybridized carbons (Fsp3) is 0.667. The summed E-state index contributed by atoms with van der Waals surface area (Å²) >= 11 is 1.89. The van der Waals surface area contributed by atoms with Gasteiger partial charge in [-0.25, -0.2) is 15.0 Å². The van der Waals surface area contributed by atoms with E-state index in [4.69, 9.17) is 0 Å². The highest BCUT2D eigenvalue weighted by molar-refractivity contribution is 7.98. The summed E-state index contributed by atoms with van der Waals surface area (Å²) < 4.78 is 1.93. The molecule has 120 valence electrons. The van der Waals surface area contributed by atoms with E-state index in [0.29, 0.717) is 0 Å². The SMILES string of the molecule is CSCC1CN(c2ncnc3c2ncn3[C@@H](C)C(C)(C)O)C1. The van der Waals surface area contributed by atoms with E-state index >= 15 is 0 Å². The van der Waals surface area contributed by atoms with Crippen molar-refractivity contribution in [3.8, 4) is 0 Å². The topological polar surface area (TPSA) is 67.1 Å². The van der Waals surface area contributed by atoms with E-state index in [0.717, 1.165) is 36.0 Å². The molecule has 1 aliphatic heterocycles. The Morgan fingerprint density at radius 2 is 2.09 bits per heavy atom. The van der Waals surface area contributed by atoms with Gasteiger partial charge in [0.2, 0.25) is 0 Å². The number of hydrogen-bond donors (Lipinski definition) is 1. The molecule has 0 aromatic carbocycles. The van der Waals surface area contributed by atoms with E-state index in [1.54, 1.807) is 26.5 Å². The summed E-state index contributed by atoms with van der Waals surface area (Å²) in [6.45, 7) is 7.63. The molecule has 0 unspecified atom stereocenters. The molecule has 0 saturated carbocycles. The summed E-state index contributed by atoms with van der Waals surface area (Å²) in [5.41, 5.74) is 0.771. The molecule has 1 aliphatic rings. The van der Waals surface area contributed by atoms with E-state index in [-0.39, 0.29) is 6.04 Å². The van der Waals surface area contributed by atoms with Crippen LogP contribution in [0.3, 0.4) is 0 Å². The number of aromatic nitrogens is 4. The zero-order valence-electron chi connectivity index (χ0n) is 13.5. The molecule has 1 N–H and O–H groups in total. The van der Waals surface area contributed by atoms with Crippen molar-refractivity contribution < 1.29 is 5.11 Å². The molecule has 6 nitrogen and oxygen atoms in total. The summed E-state index contributed by atoms with van der Waals surface area (Å²) in [6, 6.07) is -0.110. The van der Waals surface area contributed by atoms with Gasteiger partial charge in [0.15, 0.2) is 17.0 Å². The Morgan fingerprint density at radius 3 is 2.73 bits per heavy atom. The minimum atomic E-state index is -0.834. The van der Waals surface area contributed by atoms with Gasteiger partial charge in [-0.3, -0.25) is 0 Å². The van der Waals surface area contributed by atoms with Crippen molar-refractivity contribution in [3.63, 3.8) is 0 Å². The number of thioether (sulfide) groups is 1. The Balaban J connectivity index is 1.90. The van der Waals surface area contributed by atoms with Crippen molar-refractivity contribution >= 4 is 28.7 Å². The molecule has 3 rings (SSSR count). The van der Waals surface area contributed by atoms with Crippen molar-refractivity contribution in [3.05, 3.63) is 12.7 Å². The van der Waals surface area contributed by atoms with Gasteiger partial charge < -0.3 is 14.6 Å². The third-order valence-electron chi connectivity index (χ3n) is 4.44. The fourth-order valence-corrected chi connectivity index (χ4v) is 3.46. The predicted molar refractivity (Wildman–Crippen MR) is 90.4 cm³/mol. The molecule has 0 aliphatic carbocycles. The molecule has 0 bridgehead atoms. The minimum absolute atomic E-state index is 0.110. The lowest BCUT2D eigenvalue weighted by Gasteiger charge is -2.39. The quantitative estimate of drug-likeness (QED) is 0.908. The normalized spacial score (nSPS) is 17.8. The first-order chi connectivity index (χ1) is 10.4. The lowest BCUT2D eigenvalue weighted by Crippen LogP contribution is -2.48. The third-order valence-corrected chi connectivity index (χ3v) is 5.24. The van der Waals surface area contributed by atoms with Gasteiger partial charge in [0.25, 0.3) is 0 Å². The van der Waals surface area contributed by atoms with Gasteiger partial charge >= 0.3 is 0 Å². The Morgan fingerprint density at radius 1 is 1.36 bits per heavy atom. The summed E-state index contributed by atoms with van der Waals surface area (Å²) in [4.78, 5) is 15.6. The van der Waals surface area contributed by atoms with E-state index in [1.807, 2.05) is 23.3 Å². The maximum atomic E-state index is 10.2. The molecule has 2 aromatic heterocycles. The van der Waals surface area contributed by atoms with E-state index in [1.165, 1.54) is 5.75 Å². The van der Waals surface area contributed by atoms with Gasteiger partial charge in [-0.05, 0) is 32.8 Å². The van der Waals surface area contributed by atoms with E-state index in [2.05, 4.69) is 26.1 Å². The van der Waals surface area contributed by atoms with Crippen LogP contribution in [0.1, 0.15) is 26.8 Å². The maximum Gasteiger partial charge on any atom is 0.165 e. The second-order valence-electron chi connectivity index (χ2n) is 6.58. The zero-order valence-corrected chi connectivity index (χ0v) is 14.3. The molecule has 1 fully saturated rings. The average molecular weight is 321 g/mol. The molecule has 1 saturated heterocycles. The van der Waals surface area contributed by atoms with E-state index < -0.39 is 5.60 Å². The molecule has 0 radical (unpaired) electrons. The molecule has 0 spiro atoms. The highest BCUT2D eigenvalue weighted by Gasteiger charge is 2.31. The number of aliphatic hydroxyl groups is 1. The van der Waals surface area contributed by atoms with Crippen molar-refractivity contribution in [1.29, 1.82) is 0 Å². The Bertz CT molecular complexity index is 659. The summed E-state index contributed by atoms with van der Waals surface area (Å²) in [5, 5.41) is 10.2. The molecule has 7 heteroatoms. The van der Waals surface area contributed by atoms with Crippen LogP contribution in [0.2, 0.25) is 0 Å². The molecular weight excluding hydrogens is 298 g/mol. The Kier molecular flexibility index (Phi) is 4.03. The van der Waals surface area contributed by atoms with Crippen LogP contribution in [0.5, 0.6) is 0 Å². The van der Waals surface area contributed by atoms with Gasteiger partial charge in [0, 0.05) is 19.0 Å². The molecule has 0 amide bonds. The first-order valence-corrected chi connectivity index (χ1v) is 8.95. The lowest BCUT2D eigenvalue weighted by molar-refractivity contribution is 0.0318. The first kappa shape index (κ1) is 15.6. The maximum absolute atomic E-state index is 10.2. The first-order valence-electron chi connectivity index (χ1n) is 7.55. The van der Waals surface area contributed by atoms with Crippen LogP contribution in [0, 0.1) is 5.92 Å². The molecule has 3 heterocycles. The average Bonchev–Trinajstić information content (AvgIpc) is 2.84. The van der Waals surface area contributed by atoms with Crippen molar-refractivity contribution in [2.24, 2.45) is 5.92 Å². The number of nitrogens with zero attached hydrogens (tertiary/aromatic N) is 5. The second kappa shape index (κ2) is 5.70. The number of imidazole rings is 1. The molecule has 22 heavy (non-hydrogen) atoms. The van der Waals surface area contributed by atoms with Crippen molar-refractivity contribution in [2.75, 3.05) is 30.0 Å². The molecule has 1 atom stereocenters. The second-order valence-corrected chi connectivity index (χ2v) is 7.49. The lowest BCUT2D eigenvalue weighted by atomic mass is 10.0. The van der Waals surface area contributed by atoms with Gasteiger partial charge in [0.05, 0.1) is 18.0 Å². The van der Waals surface area contributed by atoms with Gasteiger partial charge in [0.1, 0.15) is 6.33 Å². The minimum Gasteiger partial charge on any atom is -0.388 e. The van der Waals surface area contributed by atoms with Crippen LogP contribution in [-0.2, 0) is 0 Å². The number of hydrogen-bond acceptors (Lipinski definition) is 6. The fourth-order valence-electron chi connectivity index (χ4n) is 2.78. The zero-order chi connectivity index (χ0) is 15.9. The van der Waals surface area contributed by atoms with Crippen LogP contribution >= 0.6 is 11.8 Å². The summed E-state index contributed by atoms with van der Waals surface area (Å²) in [6.07, 6.45) is 5.49. The molecule has 2 aromatic rings. The van der Waals surface area contributed by atoms with Gasteiger partial charge in [-0.15, -0.1) is 0 Å². The Labute approximate surface area is 135 Å². The van der Waals surface area contributed by atoms with Gasteiger partial charge in [-0.2, -0.15) is 11.8 Å². The summed E-state index contributed by atoms with van der Waals surface area (Å²) in [7, 11) is 0.